The van der Waals surface area contributed by atoms with Gasteiger partial charge >= 0.3 is 12.1 Å². The summed E-state index contributed by atoms with van der Waals surface area (Å²) in [7, 11) is 0. The largest absolute Gasteiger partial charge is 0.463 e. The minimum absolute atomic E-state index is 0.0342. The number of carbonyl (C=O) groups excluding carboxylic acids is 2. The lowest BCUT2D eigenvalue weighted by Crippen LogP contribution is -2.29. The molecule has 0 aromatic heterocycles. The van der Waals surface area contributed by atoms with Crippen LogP contribution in [-0.4, -0.2) is 151 Å². The van der Waals surface area contributed by atoms with Crippen LogP contribution in [0.3, 0.4) is 0 Å². The Morgan fingerprint density at radius 2 is 0.831 bits per heavy atom. The fraction of sp³-hybridized carbons (Fsp3) is 0.689. The van der Waals surface area contributed by atoms with Gasteiger partial charge in [-0.1, -0.05) is 94.0 Å². The lowest BCUT2D eigenvalue weighted by molar-refractivity contribution is -0.145. The van der Waals surface area contributed by atoms with Crippen LogP contribution in [0.15, 0.2) is 48.5 Å². The molecular formula is C45H71NO13. The molecule has 0 atom stereocenters. The molecule has 1 N–H and O–H groups in total. The van der Waals surface area contributed by atoms with Crippen LogP contribution in [0.5, 0.6) is 0 Å². The van der Waals surface area contributed by atoms with Gasteiger partial charge in [-0.25, -0.2) is 4.79 Å². The van der Waals surface area contributed by atoms with Crippen LogP contribution in [0, 0.1) is 0 Å². The van der Waals surface area contributed by atoms with Crippen molar-refractivity contribution in [1.29, 1.82) is 0 Å². The summed E-state index contributed by atoms with van der Waals surface area (Å²) in [6, 6.07) is 16.5. The summed E-state index contributed by atoms with van der Waals surface area (Å²) in [5.41, 5.74) is 4.77. The average molecular weight is 834 g/mol. The fourth-order valence-corrected chi connectivity index (χ4v) is 6.25. The van der Waals surface area contributed by atoms with Crippen molar-refractivity contribution in [2.75, 3.05) is 139 Å². The summed E-state index contributed by atoms with van der Waals surface area (Å²) >= 11 is 0. The van der Waals surface area contributed by atoms with Crippen LogP contribution in [0.2, 0.25) is 0 Å². The number of fused-ring (bicyclic) bond motifs is 3. The van der Waals surface area contributed by atoms with Gasteiger partial charge in [0.2, 0.25) is 0 Å². The predicted octanol–water partition coefficient (Wildman–Crippen LogP) is 6.36. The highest BCUT2D eigenvalue weighted by Gasteiger charge is 2.29. The molecule has 0 saturated heterocycles. The van der Waals surface area contributed by atoms with Gasteiger partial charge in [0, 0.05) is 18.9 Å². The molecule has 14 nitrogen and oxygen atoms in total. The zero-order chi connectivity index (χ0) is 41.7. The van der Waals surface area contributed by atoms with Crippen molar-refractivity contribution in [2.45, 2.75) is 64.2 Å². The van der Waals surface area contributed by atoms with E-state index >= 15 is 0 Å². The third-order valence-corrected chi connectivity index (χ3v) is 9.31. The van der Waals surface area contributed by atoms with Crippen LogP contribution in [0.1, 0.15) is 75.3 Å². The van der Waals surface area contributed by atoms with Gasteiger partial charge < -0.3 is 57.4 Å². The highest BCUT2D eigenvalue weighted by Crippen LogP contribution is 2.44. The molecule has 0 saturated carbocycles. The van der Waals surface area contributed by atoms with Crippen LogP contribution in [0.25, 0.3) is 11.1 Å². The molecule has 2 aromatic rings. The van der Waals surface area contributed by atoms with Crippen molar-refractivity contribution in [3.8, 4) is 11.1 Å². The highest BCUT2D eigenvalue weighted by atomic mass is 16.6. The number of rotatable bonds is 40. The summed E-state index contributed by atoms with van der Waals surface area (Å²) in [6.45, 7) is 11.4. The van der Waals surface area contributed by atoms with Crippen molar-refractivity contribution in [3.05, 3.63) is 59.7 Å². The van der Waals surface area contributed by atoms with Gasteiger partial charge in [-0.3, -0.25) is 4.79 Å². The zero-order valence-electron chi connectivity index (χ0n) is 35.5. The lowest BCUT2D eigenvalue weighted by Gasteiger charge is -2.14. The fourth-order valence-electron chi connectivity index (χ4n) is 6.25. The second kappa shape index (κ2) is 35.6. The molecule has 3 rings (SSSR count). The molecule has 1 amide bonds. The molecule has 59 heavy (non-hydrogen) atoms. The summed E-state index contributed by atoms with van der Waals surface area (Å²) in [6.07, 6.45) is 8.30. The number of amides is 1. The smallest absolute Gasteiger partial charge is 0.407 e. The van der Waals surface area contributed by atoms with Gasteiger partial charge in [-0.05, 0) is 28.7 Å². The molecule has 0 aliphatic heterocycles. The van der Waals surface area contributed by atoms with Crippen LogP contribution in [-0.2, 0) is 56.9 Å². The minimum atomic E-state index is -0.454. The van der Waals surface area contributed by atoms with Crippen LogP contribution < -0.4 is 5.32 Å². The Labute approximate surface area is 352 Å². The highest BCUT2D eigenvalue weighted by molar-refractivity contribution is 5.79. The maximum absolute atomic E-state index is 12.3. The normalized spacial score (nSPS) is 12.1. The Balaban J connectivity index is 0.935. The minimum Gasteiger partial charge on any atom is -0.463 e. The first-order valence-corrected chi connectivity index (χ1v) is 21.6. The van der Waals surface area contributed by atoms with E-state index in [1.807, 2.05) is 24.3 Å². The maximum Gasteiger partial charge on any atom is 0.407 e. The van der Waals surface area contributed by atoms with E-state index in [1.54, 1.807) is 0 Å². The maximum atomic E-state index is 12.3. The Kier molecular flexibility index (Phi) is 30.2. The van der Waals surface area contributed by atoms with E-state index in [2.05, 4.69) is 36.5 Å². The van der Waals surface area contributed by atoms with Crippen molar-refractivity contribution in [3.63, 3.8) is 0 Å². The molecule has 0 heterocycles. The van der Waals surface area contributed by atoms with E-state index in [1.165, 1.54) is 54.4 Å². The molecule has 0 unspecified atom stereocenters. The molecule has 2 aromatic carbocycles. The standard InChI is InChI=1S/C45H71NO13/c1-2-3-4-5-6-7-8-17-44(47)58-37-36-57-35-34-56-33-32-55-31-30-54-29-28-53-27-26-52-25-24-51-23-22-50-21-20-49-19-18-46-45(48)59-38-43-41-15-11-9-13-39(41)40-14-10-12-16-42(40)43/h9-16,43H,2-8,17-38H2,1H3,(H,46,48). The molecule has 1 aliphatic carbocycles. The van der Waals surface area contributed by atoms with Gasteiger partial charge in [0.15, 0.2) is 0 Å². The lowest BCUT2D eigenvalue weighted by atomic mass is 9.98. The topological polar surface area (TPSA) is 148 Å². The third-order valence-electron chi connectivity index (χ3n) is 9.31. The average Bonchev–Trinajstić information content (AvgIpc) is 3.57. The van der Waals surface area contributed by atoms with E-state index in [4.69, 9.17) is 52.1 Å². The van der Waals surface area contributed by atoms with Gasteiger partial charge in [0.1, 0.15) is 13.2 Å². The number of nitrogens with one attached hydrogen (secondary N) is 1. The van der Waals surface area contributed by atoms with Gasteiger partial charge in [0.25, 0.3) is 0 Å². The summed E-state index contributed by atoms with van der Waals surface area (Å²) < 4.78 is 60.2. The molecule has 14 heteroatoms. The number of esters is 1. The van der Waals surface area contributed by atoms with Crippen molar-refractivity contribution in [2.24, 2.45) is 0 Å². The monoisotopic (exact) mass is 833 g/mol. The molecule has 0 fully saturated rings. The summed E-state index contributed by atoms with van der Waals surface area (Å²) in [4.78, 5) is 24.0. The molecule has 0 radical (unpaired) electrons. The Morgan fingerprint density at radius 3 is 1.27 bits per heavy atom. The van der Waals surface area contributed by atoms with E-state index in [0.29, 0.717) is 132 Å². The number of ether oxygens (including phenoxy) is 11. The second-order valence-corrected chi connectivity index (χ2v) is 13.9. The molecule has 334 valence electrons. The number of unbranched alkanes of at least 4 members (excludes halogenated alkanes) is 6. The summed E-state index contributed by atoms with van der Waals surface area (Å²) in [5.74, 6) is -0.111. The van der Waals surface area contributed by atoms with E-state index < -0.39 is 6.09 Å². The summed E-state index contributed by atoms with van der Waals surface area (Å²) in [5, 5.41) is 2.74. The Bertz CT molecular complexity index is 1290. The quantitative estimate of drug-likeness (QED) is 0.0588. The number of hydrogen-bond acceptors (Lipinski definition) is 13. The van der Waals surface area contributed by atoms with Crippen LogP contribution in [0.4, 0.5) is 4.79 Å². The number of alkyl carbamates (subject to hydrolysis) is 1. The number of hydrogen-bond donors (Lipinski definition) is 1. The van der Waals surface area contributed by atoms with Crippen molar-refractivity contribution < 1.29 is 61.7 Å². The van der Waals surface area contributed by atoms with Gasteiger partial charge in [-0.2, -0.15) is 0 Å². The number of benzene rings is 2. The zero-order valence-corrected chi connectivity index (χ0v) is 35.5. The van der Waals surface area contributed by atoms with Gasteiger partial charge in [0.05, 0.1) is 119 Å². The molecule has 0 bridgehead atoms. The Morgan fingerprint density at radius 1 is 0.458 bits per heavy atom. The Hall–Kier alpha value is -3.18. The first-order valence-electron chi connectivity index (χ1n) is 21.6. The second-order valence-electron chi connectivity index (χ2n) is 13.9. The third kappa shape index (κ3) is 24.6. The molecular weight excluding hydrogens is 762 g/mol. The first kappa shape index (κ1) is 50.2. The van der Waals surface area contributed by atoms with Crippen molar-refractivity contribution in [1.82, 2.24) is 5.32 Å². The van der Waals surface area contributed by atoms with Crippen LogP contribution >= 0.6 is 0 Å². The van der Waals surface area contributed by atoms with E-state index in [0.717, 1.165) is 12.8 Å². The SMILES string of the molecule is CCCCCCCCCC(=O)OCCOCCOCCOCCOCCOCCOCCOCCOCCOCCNC(=O)OCC1c2ccccc2-c2ccccc21. The van der Waals surface area contributed by atoms with E-state index in [-0.39, 0.29) is 25.1 Å². The van der Waals surface area contributed by atoms with E-state index in [9.17, 15) is 9.59 Å². The predicted molar refractivity (Wildman–Crippen MR) is 224 cm³/mol. The van der Waals surface area contributed by atoms with Gasteiger partial charge in [-0.15, -0.1) is 0 Å². The number of carbonyl (C=O) groups is 2. The molecule has 0 spiro atoms. The van der Waals surface area contributed by atoms with Crippen molar-refractivity contribution >= 4 is 12.1 Å². The molecule has 1 aliphatic rings. The first-order chi connectivity index (χ1) is 29.2.